The first-order chi connectivity index (χ1) is 16.7. The van der Waals surface area contributed by atoms with Crippen molar-refractivity contribution in [3.63, 3.8) is 0 Å². The molecule has 1 N–H and O–H groups in total. The summed E-state index contributed by atoms with van der Waals surface area (Å²) in [5.41, 5.74) is 3.61. The predicted octanol–water partition coefficient (Wildman–Crippen LogP) is 5.71. The zero-order valence-corrected chi connectivity index (χ0v) is 20.3. The van der Waals surface area contributed by atoms with Gasteiger partial charge in [0.2, 0.25) is 5.88 Å². The van der Waals surface area contributed by atoms with E-state index in [1.54, 1.807) is 19.2 Å². The Hall–Kier alpha value is -2.97. The largest absolute Gasteiger partial charge is 0.385 e. The average Bonchev–Trinajstić information content (AvgIpc) is 3.29. The molecule has 6 nitrogen and oxygen atoms in total. The van der Waals surface area contributed by atoms with E-state index in [-0.39, 0.29) is 5.82 Å². The first-order valence-corrected chi connectivity index (χ1v) is 12.2. The molecule has 0 radical (unpaired) electrons. The molecule has 1 saturated heterocycles. The molecule has 1 aliphatic rings. The van der Waals surface area contributed by atoms with Crippen molar-refractivity contribution < 1.29 is 13.7 Å². The lowest BCUT2D eigenvalue weighted by atomic mass is 10.1. The van der Waals surface area contributed by atoms with Gasteiger partial charge >= 0.3 is 0 Å². The zero-order valence-electron chi connectivity index (χ0n) is 19.5. The van der Waals surface area contributed by atoms with E-state index in [0.717, 1.165) is 60.7 Å². The third-order valence-electron chi connectivity index (χ3n) is 5.97. The molecule has 2 aromatic carbocycles. The van der Waals surface area contributed by atoms with Crippen LogP contribution in [0.5, 0.6) is 0 Å². The van der Waals surface area contributed by atoms with Gasteiger partial charge in [0.15, 0.2) is 5.11 Å². The number of methoxy groups -OCH3 is 1. The second-order valence-electron chi connectivity index (χ2n) is 8.43. The highest BCUT2D eigenvalue weighted by molar-refractivity contribution is 7.80. The summed E-state index contributed by atoms with van der Waals surface area (Å²) in [5, 5.41) is 8.31. The number of halogens is 1. The van der Waals surface area contributed by atoms with Crippen LogP contribution in [-0.2, 0) is 11.3 Å². The van der Waals surface area contributed by atoms with Crippen molar-refractivity contribution in [2.24, 2.45) is 0 Å². The molecular formula is C26H31FN4O2S. The van der Waals surface area contributed by atoms with E-state index in [1.807, 2.05) is 30.3 Å². The van der Waals surface area contributed by atoms with Gasteiger partial charge in [-0.2, -0.15) is 0 Å². The number of hydrogen-bond donors (Lipinski definition) is 1. The van der Waals surface area contributed by atoms with Gasteiger partial charge in [-0.15, -0.1) is 0 Å². The maximum Gasteiger partial charge on any atom is 0.232 e. The molecule has 1 aromatic heterocycles. The number of hydrogen-bond acceptors (Lipinski definition) is 5. The van der Waals surface area contributed by atoms with Crippen LogP contribution in [-0.4, -0.2) is 48.5 Å². The summed E-state index contributed by atoms with van der Waals surface area (Å²) in [6.07, 6.45) is 4.33. The minimum absolute atomic E-state index is 0.281. The summed E-state index contributed by atoms with van der Waals surface area (Å²) in [6, 6.07) is 16.3. The van der Waals surface area contributed by atoms with Gasteiger partial charge < -0.3 is 24.4 Å². The number of benzene rings is 2. The monoisotopic (exact) mass is 482 g/mol. The number of piperidine rings is 1. The van der Waals surface area contributed by atoms with Crippen LogP contribution in [0.2, 0.25) is 0 Å². The molecule has 3 aromatic rings. The van der Waals surface area contributed by atoms with Gasteiger partial charge in [-0.3, -0.25) is 0 Å². The summed E-state index contributed by atoms with van der Waals surface area (Å²) in [7, 11) is 1.70. The van der Waals surface area contributed by atoms with Crippen LogP contribution in [0.1, 0.15) is 31.2 Å². The Morgan fingerprint density at radius 3 is 2.56 bits per heavy atom. The molecule has 0 aliphatic carbocycles. The van der Waals surface area contributed by atoms with E-state index in [4.69, 9.17) is 21.5 Å². The van der Waals surface area contributed by atoms with E-state index in [1.165, 1.54) is 18.6 Å². The Bertz CT molecular complexity index is 1050. The third kappa shape index (κ3) is 6.12. The lowest BCUT2D eigenvalue weighted by molar-refractivity contribution is 0.185. The first-order valence-electron chi connectivity index (χ1n) is 11.7. The van der Waals surface area contributed by atoms with Gasteiger partial charge in [0, 0.05) is 44.6 Å². The second-order valence-corrected chi connectivity index (χ2v) is 8.82. The van der Waals surface area contributed by atoms with E-state index in [2.05, 4.69) is 20.3 Å². The van der Waals surface area contributed by atoms with E-state index >= 15 is 0 Å². The number of anilines is 2. The molecule has 0 spiro atoms. The van der Waals surface area contributed by atoms with Crippen LogP contribution >= 0.6 is 12.2 Å². The molecule has 1 aliphatic heterocycles. The SMILES string of the molecule is COCCCN(Cc1c(-c2ccccc2)noc1N1CCCCC1)C(=S)Nc1ccc(F)cc1. The van der Waals surface area contributed by atoms with Crippen LogP contribution < -0.4 is 10.2 Å². The minimum Gasteiger partial charge on any atom is -0.385 e. The molecule has 0 unspecified atom stereocenters. The standard InChI is InChI=1S/C26H31FN4O2S/c1-32-18-8-17-31(26(34)28-22-13-11-21(27)12-14-22)19-23-24(20-9-4-2-5-10-20)29-33-25(23)30-15-6-3-7-16-30/h2,4-5,9-14H,3,6-8,15-19H2,1H3,(H,28,34). The Morgan fingerprint density at radius 1 is 1.12 bits per heavy atom. The van der Waals surface area contributed by atoms with Gasteiger partial charge in [0.1, 0.15) is 11.5 Å². The number of nitrogens with zero attached hydrogens (tertiary/aromatic N) is 3. The van der Waals surface area contributed by atoms with Crippen LogP contribution in [0.3, 0.4) is 0 Å². The maximum absolute atomic E-state index is 13.4. The predicted molar refractivity (Wildman–Crippen MR) is 138 cm³/mol. The van der Waals surface area contributed by atoms with Gasteiger partial charge in [-0.05, 0) is 62.2 Å². The molecule has 2 heterocycles. The fourth-order valence-electron chi connectivity index (χ4n) is 4.19. The van der Waals surface area contributed by atoms with Gasteiger partial charge in [0.05, 0.1) is 12.1 Å². The molecule has 34 heavy (non-hydrogen) atoms. The molecule has 0 atom stereocenters. The van der Waals surface area contributed by atoms with Crippen molar-refractivity contribution >= 4 is 28.9 Å². The Morgan fingerprint density at radius 2 is 1.85 bits per heavy atom. The molecule has 0 saturated carbocycles. The van der Waals surface area contributed by atoms with E-state index < -0.39 is 0 Å². The quantitative estimate of drug-likeness (QED) is 0.310. The van der Waals surface area contributed by atoms with Crippen molar-refractivity contribution in [3.8, 4) is 11.3 Å². The lowest BCUT2D eigenvalue weighted by Crippen LogP contribution is -2.36. The average molecular weight is 483 g/mol. The topological polar surface area (TPSA) is 53.8 Å². The Kier molecular flexibility index (Phi) is 8.49. The molecule has 1 fully saturated rings. The maximum atomic E-state index is 13.4. The zero-order chi connectivity index (χ0) is 23.8. The summed E-state index contributed by atoms with van der Waals surface area (Å²) in [4.78, 5) is 4.40. The minimum atomic E-state index is -0.281. The highest BCUT2D eigenvalue weighted by Gasteiger charge is 2.26. The number of nitrogens with one attached hydrogen (secondary N) is 1. The van der Waals surface area contributed by atoms with Crippen molar-refractivity contribution in [2.45, 2.75) is 32.2 Å². The van der Waals surface area contributed by atoms with Gasteiger partial charge in [-0.25, -0.2) is 4.39 Å². The molecule has 8 heteroatoms. The molecule has 4 rings (SSSR count). The first kappa shape index (κ1) is 24.2. The second kappa shape index (κ2) is 11.9. The van der Waals surface area contributed by atoms with Gasteiger partial charge in [0.25, 0.3) is 0 Å². The molecule has 0 amide bonds. The highest BCUT2D eigenvalue weighted by atomic mass is 32.1. The fraction of sp³-hybridized carbons (Fsp3) is 0.385. The normalized spacial score (nSPS) is 13.6. The van der Waals surface area contributed by atoms with Crippen LogP contribution in [0.25, 0.3) is 11.3 Å². The Balaban J connectivity index is 1.63. The number of thiocarbonyl (C=S) groups is 1. The van der Waals surface area contributed by atoms with Crippen LogP contribution in [0, 0.1) is 5.82 Å². The lowest BCUT2D eigenvalue weighted by Gasteiger charge is -2.29. The summed E-state index contributed by atoms with van der Waals surface area (Å²) < 4.78 is 24.6. The summed E-state index contributed by atoms with van der Waals surface area (Å²) in [6.45, 7) is 3.77. The fourth-order valence-corrected chi connectivity index (χ4v) is 4.46. The van der Waals surface area contributed by atoms with Crippen LogP contribution in [0.15, 0.2) is 59.1 Å². The third-order valence-corrected chi connectivity index (χ3v) is 6.33. The molecule has 180 valence electrons. The van der Waals surface area contributed by atoms with Crippen molar-refractivity contribution in [1.82, 2.24) is 10.1 Å². The molecular weight excluding hydrogens is 451 g/mol. The highest BCUT2D eigenvalue weighted by Crippen LogP contribution is 2.34. The van der Waals surface area contributed by atoms with Crippen molar-refractivity contribution in [1.29, 1.82) is 0 Å². The van der Waals surface area contributed by atoms with Gasteiger partial charge in [-0.1, -0.05) is 35.5 Å². The van der Waals surface area contributed by atoms with Crippen molar-refractivity contribution in [3.05, 3.63) is 66.0 Å². The number of ether oxygens (including phenoxy) is 1. The summed E-state index contributed by atoms with van der Waals surface area (Å²) >= 11 is 5.79. The summed E-state index contributed by atoms with van der Waals surface area (Å²) in [5.74, 6) is 0.538. The van der Waals surface area contributed by atoms with E-state index in [9.17, 15) is 4.39 Å². The van der Waals surface area contributed by atoms with Crippen molar-refractivity contribution in [2.75, 3.05) is 43.6 Å². The number of rotatable bonds is 9. The molecule has 0 bridgehead atoms. The smallest absolute Gasteiger partial charge is 0.232 e. The van der Waals surface area contributed by atoms with E-state index in [0.29, 0.717) is 24.8 Å². The number of aromatic nitrogens is 1. The van der Waals surface area contributed by atoms with Crippen LogP contribution in [0.4, 0.5) is 16.0 Å². The Labute approximate surface area is 205 Å².